The Morgan fingerprint density at radius 3 is 2.46 bits per heavy atom. The number of benzene rings is 2. The number of hydrogen-bond donors (Lipinski definition) is 1. The first kappa shape index (κ1) is 17.1. The van der Waals surface area contributed by atoms with Gasteiger partial charge in [0.1, 0.15) is 4.88 Å². The molecule has 1 aromatic heterocycles. The third kappa shape index (κ3) is 2.88. The van der Waals surface area contributed by atoms with Gasteiger partial charge in [0.2, 0.25) is 0 Å². The second-order valence-corrected chi connectivity index (χ2v) is 8.10. The van der Waals surface area contributed by atoms with Crippen LogP contribution < -0.4 is 5.32 Å². The van der Waals surface area contributed by atoms with Crippen LogP contribution >= 0.6 is 22.9 Å². The van der Waals surface area contributed by atoms with Crippen molar-refractivity contribution in [3.05, 3.63) is 64.0 Å². The van der Waals surface area contributed by atoms with E-state index in [-0.39, 0.29) is 11.3 Å². The molecule has 2 aromatic carbocycles. The van der Waals surface area contributed by atoms with Gasteiger partial charge in [-0.15, -0.1) is 11.3 Å². The fourth-order valence-corrected chi connectivity index (χ4v) is 5.08. The van der Waals surface area contributed by atoms with Crippen LogP contribution in [0, 0.1) is 11.3 Å². The van der Waals surface area contributed by atoms with Crippen molar-refractivity contribution in [1.82, 2.24) is 0 Å². The molecule has 1 saturated carbocycles. The van der Waals surface area contributed by atoms with Gasteiger partial charge >= 0.3 is 0 Å². The molecule has 26 heavy (non-hydrogen) atoms. The number of hydrogen-bond acceptors (Lipinski definition) is 3. The van der Waals surface area contributed by atoms with Gasteiger partial charge in [0.05, 0.1) is 16.5 Å². The third-order valence-corrected chi connectivity index (χ3v) is 6.78. The van der Waals surface area contributed by atoms with E-state index in [0.717, 1.165) is 41.3 Å². The first-order chi connectivity index (χ1) is 12.6. The van der Waals surface area contributed by atoms with Crippen molar-refractivity contribution in [3.63, 3.8) is 0 Å². The lowest BCUT2D eigenvalue weighted by Crippen LogP contribution is -2.19. The number of carbonyl (C=O) groups excluding carboxylic acids is 1. The molecule has 0 atom stereocenters. The van der Waals surface area contributed by atoms with Crippen molar-refractivity contribution in [1.29, 1.82) is 5.26 Å². The van der Waals surface area contributed by atoms with Gasteiger partial charge < -0.3 is 5.32 Å². The number of fused-ring (bicyclic) bond motifs is 1. The van der Waals surface area contributed by atoms with Crippen LogP contribution in [0.5, 0.6) is 0 Å². The summed E-state index contributed by atoms with van der Waals surface area (Å²) in [6, 6.07) is 17.9. The van der Waals surface area contributed by atoms with Gasteiger partial charge in [-0.1, -0.05) is 54.8 Å². The summed E-state index contributed by atoms with van der Waals surface area (Å²) in [6.07, 6.45) is 4.01. The minimum Gasteiger partial charge on any atom is -0.321 e. The van der Waals surface area contributed by atoms with E-state index < -0.39 is 0 Å². The zero-order valence-electron chi connectivity index (χ0n) is 14.1. The maximum absolute atomic E-state index is 12.6. The maximum atomic E-state index is 12.6. The predicted octanol–water partition coefficient (Wildman–Crippen LogP) is 6.14. The average Bonchev–Trinajstić information content (AvgIpc) is 3.28. The number of nitrogens with zero attached hydrogens (tertiary/aromatic N) is 1. The fraction of sp³-hybridized carbons (Fsp3) is 0.238. The number of nitrogens with one attached hydrogen (secondary N) is 1. The first-order valence-electron chi connectivity index (χ1n) is 8.63. The molecule has 1 aliphatic rings. The lowest BCUT2D eigenvalue weighted by molar-refractivity contribution is 0.103. The van der Waals surface area contributed by atoms with Crippen LogP contribution in [0.1, 0.15) is 40.9 Å². The molecule has 0 unspecified atom stereocenters. The highest BCUT2D eigenvalue weighted by molar-refractivity contribution is 7.21. The molecule has 3 aromatic rings. The van der Waals surface area contributed by atoms with Crippen LogP contribution in [-0.2, 0) is 5.41 Å². The summed E-state index contributed by atoms with van der Waals surface area (Å²) >= 11 is 7.77. The zero-order valence-corrected chi connectivity index (χ0v) is 15.7. The van der Waals surface area contributed by atoms with E-state index in [0.29, 0.717) is 15.6 Å². The van der Waals surface area contributed by atoms with E-state index in [9.17, 15) is 10.1 Å². The van der Waals surface area contributed by atoms with E-state index in [1.165, 1.54) is 11.3 Å². The van der Waals surface area contributed by atoms with Crippen LogP contribution in [-0.4, -0.2) is 5.91 Å². The van der Waals surface area contributed by atoms with Gasteiger partial charge in [0, 0.05) is 15.8 Å². The SMILES string of the molecule is N#CC1(c2ccc(NC(=O)c3sc4ccccc4c3Cl)cc2)CCCC1. The topological polar surface area (TPSA) is 52.9 Å². The van der Waals surface area contributed by atoms with Crippen molar-refractivity contribution >= 4 is 44.6 Å². The summed E-state index contributed by atoms with van der Waals surface area (Å²) in [5, 5.41) is 13.9. The Morgan fingerprint density at radius 1 is 1.12 bits per heavy atom. The molecular formula is C21H17ClN2OS. The number of amides is 1. The molecule has 5 heteroatoms. The molecule has 0 bridgehead atoms. The number of carbonyl (C=O) groups is 1. The summed E-state index contributed by atoms with van der Waals surface area (Å²) in [5.41, 5.74) is 1.38. The second kappa shape index (κ2) is 6.75. The number of rotatable bonds is 3. The highest BCUT2D eigenvalue weighted by Crippen LogP contribution is 2.41. The molecular weight excluding hydrogens is 364 g/mol. The Hall–Kier alpha value is -2.35. The van der Waals surface area contributed by atoms with Crippen molar-refractivity contribution < 1.29 is 4.79 Å². The molecule has 130 valence electrons. The third-order valence-electron chi connectivity index (χ3n) is 5.11. The average molecular weight is 381 g/mol. The van der Waals surface area contributed by atoms with Gasteiger partial charge in [-0.25, -0.2) is 0 Å². The molecule has 4 rings (SSSR count). The predicted molar refractivity (Wildman–Crippen MR) is 107 cm³/mol. The summed E-state index contributed by atoms with van der Waals surface area (Å²) in [7, 11) is 0. The Bertz CT molecular complexity index is 1010. The largest absolute Gasteiger partial charge is 0.321 e. The second-order valence-electron chi connectivity index (χ2n) is 6.67. The Labute approximate surface area is 161 Å². The smallest absolute Gasteiger partial charge is 0.267 e. The zero-order chi connectivity index (χ0) is 18.1. The lowest BCUT2D eigenvalue weighted by atomic mass is 9.80. The van der Waals surface area contributed by atoms with Crippen LogP contribution in [0.4, 0.5) is 5.69 Å². The minimum absolute atomic E-state index is 0.209. The number of halogens is 1. The molecule has 1 fully saturated rings. The van der Waals surface area contributed by atoms with E-state index in [1.54, 1.807) is 0 Å². The van der Waals surface area contributed by atoms with Crippen LogP contribution in [0.3, 0.4) is 0 Å². The van der Waals surface area contributed by atoms with E-state index in [4.69, 9.17) is 11.6 Å². The van der Waals surface area contributed by atoms with Gasteiger partial charge in [-0.05, 0) is 36.6 Å². The standard InChI is InChI=1S/C21H17ClN2OS/c22-18-16-5-1-2-6-17(16)26-19(18)20(25)24-15-9-7-14(8-10-15)21(13-23)11-3-4-12-21/h1-2,5-10H,3-4,11-12H2,(H,24,25). The van der Waals surface area contributed by atoms with Crippen LogP contribution in [0.2, 0.25) is 5.02 Å². The minimum atomic E-state index is -0.364. The monoisotopic (exact) mass is 380 g/mol. The number of anilines is 1. The van der Waals surface area contributed by atoms with Crippen molar-refractivity contribution in [2.75, 3.05) is 5.32 Å². The Morgan fingerprint density at radius 2 is 1.81 bits per heavy atom. The summed E-state index contributed by atoms with van der Waals surface area (Å²) in [5.74, 6) is -0.209. The Balaban J connectivity index is 1.56. The van der Waals surface area contributed by atoms with Crippen LogP contribution in [0.25, 0.3) is 10.1 Å². The first-order valence-corrected chi connectivity index (χ1v) is 9.83. The van der Waals surface area contributed by atoms with Crippen molar-refractivity contribution in [2.24, 2.45) is 0 Å². The van der Waals surface area contributed by atoms with Gasteiger partial charge in [0.15, 0.2) is 0 Å². The normalized spacial score (nSPS) is 15.7. The maximum Gasteiger partial charge on any atom is 0.267 e. The number of thiophene rings is 1. The number of nitriles is 1. The quantitative estimate of drug-likeness (QED) is 0.593. The molecule has 1 heterocycles. The molecule has 3 nitrogen and oxygen atoms in total. The highest BCUT2D eigenvalue weighted by atomic mass is 35.5. The lowest BCUT2D eigenvalue weighted by Gasteiger charge is -2.20. The van der Waals surface area contributed by atoms with E-state index >= 15 is 0 Å². The van der Waals surface area contributed by atoms with Gasteiger partial charge in [-0.3, -0.25) is 4.79 Å². The van der Waals surface area contributed by atoms with Crippen LogP contribution in [0.15, 0.2) is 48.5 Å². The molecule has 1 amide bonds. The fourth-order valence-electron chi connectivity index (χ4n) is 3.66. The van der Waals surface area contributed by atoms with Gasteiger partial charge in [-0.2, -0.15) is 5.26 Å². The van der Waals surface area contributed by atoms with Crippen molar-refractivity contribution in [3.8, 4) is 6.07 Å². The highest BCUT2D eigenvalue weighted by Gasteiger charge is 2.35. The van der Waals surface area contributed by atoms with E-state index in [1.807, 2.05) is 48.5 Å². The molecule has 0 aliphatic heterocycles. The molecule has 1 N–H and O–H groups in total. The Kier molecular flexibility index (Phi) is 4.44. The molecule has 0 radical (unpaired) electrons. The molecule has 1 aliphatic carbocycles. The summed E-state index contributed by atoms with van der Waals surface area (Å²) in [4.78, 5) is 13.1. The summed E-state index contributed by atoms with van der Waals surface area (Å²) < 4.78 is 0.996. The van der Waals surface area contributed by atoms with Crippen molar-refractivity contribution in [2.45, 2.75) is 31.1 Å². The molecule has 0 spiro atoms. The molecule has 0 saturated heterocycles. The van der Waals surface area contributed by atoms with E-state index in [2.05, 4.69) is 11.4 Å². The van der Waals surface area contributed by atoms with Gasteiger partial charge in [0.25, 0.3) is 5.91 Å². The summed E-state index contributed by atoms with van der Waals surface area (Å²) in [6.45, 7) is 0.